The summed E-state index contributed by atoms with van der Waals surface area (Å²) in [6, 6.07) is 18.4. The Hall–Kier alpha value is -4.39. The zero-order valence-corrected chi connectivity index (χ0v) is 19.9. The number of Topliss-reactive ketones (excluding diaryl/α,β-unsaturated/α-hetero) is 1. The Morgan fingerprint density at radius 3 is 2.33 bits per heavy atom. The molecule has 0 unspecified atom stereocenters. The number of benzene rings is 2. The molecule has 4 aromatic rings. The van der Waals surface area contributed by atoms with Crippen LogP contribution in [0.2, 0.25) is 0 Å². The molecule has 2 aromatic carbocycles. The number of fused-ring (bicyclic) bond motifs is 1. The highest BCUT2D eigenvalue weighted by Gasteiger charge is 2.19. The minimum atomic E-state index is 0.0617. The number of aromatic nitrogens is 3. The number of rotatable bonds is 6. The molecule has 2 aliphatic heterocycles. The van der Waals surface area contributed by atoms with E-state index in [0.717, 1.165) is 59.7 Å². The molecule has 1 fully saturated rings. The lowest BCUT2D eigenvalue weighted by molar-refractivity contribution is -0.112. The van der Waals surface area contributed by atoms with E-state index in [1.165, 1.54) is 5.69 Å². The first-order valence-corrected chi connectivity index (χ1v) is 12.2. The van der Waals surface area contributed by atoms with Crippen molar-refractivity contribution < 1.29 is 4.79 Å². The van der Waals surface area contributed by atoms with E-state index < -0.39 is 0 Å². The summed E-state index contributed by atoms with van der Waals surface area (Å²) < 4.78 is 0. The molecule has 2 aromatic heterocycles. The number of hydrogen-bond acceptors (Lipinski definition) is 7. The number of allylic oxidation sites excluding steroid dienone is 1. The minimum Gasteiger partial charge on any atom is -0.368 e. The first-order chi connectivity index (χ1) is 17.7. The summed E-state index contributed by atoms with van der Waals surface area (Å²) >= 11 is 0. The molecule has 0 bridgehead atoms. The van der Waals surface area contributed by atoms with Crippen LogP contribution in [0.3, 0.4) is 0 Å². The molecule has 0 radical (unpaired) electrons. The minimum absolute atomic E-state index is 0.0617. The predicted octanol–water partition coefficient (Wildman–Crippen LogP) is 4.14. The lowest BCUT2D eigenvalue weighted by Crippen LogP contribution is -2.46. The van der Waals surface area contributed by atoms with Gasteiger partial charge in [0.1, 0.15) is 11.5 Å². The Balaban J connectivity index is 1.16. The number of hydrogen-bond donors (Lipinski definition) is 0. The van der Waals surface area contributed by atoms with Gasteiger partial charge in [-0.05, 0) is 47.0 Å². The van der Waals surface area contributed by atoms with E-state index in [1.54, 1.807) is 0 Å². The molecule has 0 atom stereocenters. The van der Waals surface area contributed by atoms with E-state index >= 15 is 0 Å². The van der Waals surface area contributed by atoms with Gasteiger partial charge in [-0.1, -0.05) is 36.4 Å². The quantitative estimate of drug-likeness (QED) is 0.418. The van der Waals surface area contributed by atoms with Gasteiger partial charge in [-0.2, -0.15) is 0 Å². The Morgan fingerprint density at radius 1 is 0.833 bits per heavy atom. The smallest absolute Gasteiger partial charge is 0.185 e. The van der Waals surface area contributed by atoms with Crippen molar-refractivity contribution in [1.29, 1.82) is 0 Å². The summed E-state index contributed by atoms with van der Waals surface area (Å²) in [6.07, 6.45) is 9.63. The highest BCUT2D eigenvalue weighted by molar-refractivity contribution is 6.45. The summed E-state index contributed by atoms with van der Waals surface area (Å²) in [7, 11) is 0. The van der Waals surface area contributed by atoms with E-state index in [9.17, 15) is 4.79 Å². The normalized spacial score (nSPS) is 15.4. The third-order valence-corrected chi connectivity index (χ3v) is 6.74. The first kappa shape index (κ1) is 22.1. The fourth-order valence-corrected chi connectivity index (χ4v) is 4.72. The number of pyridine rings is 1. The van der Waals surface area contributed by atoms with Crippen molar-refractivity contribution in [2.24, 2.45) is 4.99 Å². The second-order valence-electron chi connectivity index (χ2n) is 9.04. The van der Waals surface area contributed by atoms with E-state index in [2.05, 4.69) is 61.2 Å². The van der Waals surface area contributed by atoms with Crippen molar-refractivity contribution in [1.82, 2.24) is 15.0 Å². The maximum Gasteiger partial charge on any atom is 0.185 e. The van der Waals surface area contributed by atoms with Crippen LogP contribution in [-0.4, -0.2) is 59.2 Å². The maximum atomic E-state index is 12.4. The molecular weight excluding hydrogens is 448 g/mol. The summed E-state index contributed by atoms with van der Waals surface area (Å²) in [6.45, 7) is 4.26. The number of anilines is 2. The van der Waals surface area contributed by atoms with Crippen molar-refractivity contribution in [3.05, 3.63) is 90.9 Å². The van der Waals surface area contributed by atoms with Crippen molar-refractivity contribution >= 4 is 34.0 Å². The summed E-state index contributed by atoms with van der Waals surface area (Å²) in [5.74, 6) is 0.971. The fraction of sp³-hybridized carbons (Fsp3) is 0.207. The Morgan fingerprint density at radius 2 is 1.58 bits per heavy atom. The highest BCUT2D eigenvalue weighted by atomic mass is 16.1. The number of carbonyl (C=O) groups is 1. The van der Waals surface area contributed by atoms with Crippen LogP contribution < -0.4 is 9.80 Å². The van der Waals surface area contributed by atoms with E-state index in [-0.39, 0.29) is 5.78 Å². The average molecular weight is 475 g/mol. The SMILES string of the molecule is O=C(Cc1ccc(-c2ccc3ncc(N4CCN(c5ccncc5)CC4)nc3c2)cc1)C1=NCC=C1. The van der Waals surface area contributed by atoms with Crippen molar-refractivity contribution in [2.45, 2.75) is 6.42 Å². The van der Waals surface area contributed by atoms with Crippen LogP contribution in [0.5, 0.6) is 0 Å². The van der Waals surface area contributed by atoms with Gasteiger partial charge >= 0.3 is 0 Å². The van der Waals surface area contributed by atoms with Crippen LogP contribution in [0.1, 0.15) is 5.56 Å². The molecule has 7 nitrogen and oxygen atoms in total. The number of piperazine rings is 1. The largest absolute Gasteiger partial charge is 0.368 e. The lowest BCUT2D eigenvalue weighted by Gasteiger charge is -2.36. The van der Waals surface area contributed by atoms with E-state index in [4.69, 9.17) is 4.98 Å². The maximum absolute atomic E-state index is 12.4. The number of carbonyl (C=O) groups excluding carboxylic acids is 1. The second-order valence-corrected chi connectivity index (χ2v) is 9.04. The van der Waals surface area contributed by atoms with Gasteiger partial charge < -0.3 is 9.80 Å². The second kappa shape index (κ2) is 9.70. The Bertz CT molecular complexity index is 1450. The van der Waals surface area contributed by atoms with Crippen molar-refractivity contribution in [3.63, 3.8) is 0 Å². The molecule has 0 N–H and O–H groups in total. The van der Waals surface area contributed by atoms with Gasteiger partial charge in [0.25, 0.3) is 0 Å². The molecule has 1 saturated heterocycles. The third-order valence-electron chi connectivity index (χ3n) is 6.74. The standard InChI is InChI=1S/C29H26N6O/c36-28(26-2-1-11-31-26)18-21-3-5-22(6-4-21)23-7-8-25-27(19-23)33-29(20-32-25)35-16-14-34(15-17-35)24-9-12-30-13-10-24/h1-10,12-13,19-20H,11,14-18H2. The predicted molar refractivity (Wildman–Crippen MR) is 144 cm³/mol. The summed E-state index contributed by atoms with van der Waals surface area (Å²) in [4.78, 5) is 35.0. The molecule has 0 aliphatic carbocycles. The molecule has 2 aliphatic rings. The van der Waals surface area contributed by atoms with Crippen LogP contribution in [0.4, 0.5) is 11.5 Å². The van der Waals surface area contributed by atoms with Crippen LogP contribution in [-0.2, 0) is 11.2 Å². The Kier molecular flexibility index (Phi) is 5.95. The van der Waals surface area contributed by atoms with Crippen LogP contribution >= 0.6 is 0 Å². The molecule has 6 rings (SSSR count). The van der Waals surface area contributed by atoms with Crippen molar-refractivity contribution in [3.8, 4) is 11.1 Å². The average Bonchev–Trinajstić information content (AvgIpc) is 3.49. The molecule has 0 saturated carbocycles. The first-order valence-electron chi connectivity index (χ1n) is 12.2. The van der Waals surface area contributed by atoms with E-state index in [1.807, 2.05) is 48.9 Å². The third kappa shape index (κ3) is 4.60. The highest BCUT2D eigenvalue weighted by Crippen LogP contribution is 2.25. The van der Waals surface area contributed by atoms with Gasteiger partial charge in [-0.25, -0.2) is 4.98 Å². The Labute approximate surface area is 209 Å². The number of nitrogens with zero attached hydrogens (tertiary/aromatic N) is 6. The lowest BCUT2D eigenvalue weighted by atomic mass is 10.0. The zero-order chi connectivity index (χ0) is 24.3. The summed E-state index contributed by atoms with van der Waals surface area (Å²) in [5.41, 5.74) is 6.69. The van der Waals surface area contributed by atoms with Gasteiger partial charge in [-0.3, -0.25) is 19.8 Å². The van der Waals surface area contributed by atoms with Gasteiger partial charge in [0, 0.05) is 50.7 Å². The van der Waals surface area contributed by atoms with Crippen LogP contribution in [0.25, 0.3) is 22.2 Å². The van der Waals surface area contributed by atoms with Gasteiger partial charge in [0.15, 0.2) is 5.78 Å². The summed E-state index contributed by atoms with van der Waals surface area (Å²) in [5, 5.41) is 0. The van der Waals surface area contributed by atoms with Crippen LogP contribution in [0, 0.1) is 0 Å². The molecule has 0 spiro atoms. The van der Waals surface area contributed by atoms with Gasteiger partial charge in [0.2, 0.25) is 0 Å². The van der Waals surface area contributed by atoms with Gasteiger partial charge in [-0.15, -0.1) is 0 Å². The monoisotopic (exact) mass is 474 g/mol. The molecular formula is C29H26N6O. The van der Waals surface area contributed by atoms with Crippen LogP contribution in [0.15, 0.2) is 90.3 Å². The number of aliphatic imine (C=N–C) groups is 1. The molecule has 36 heavy (non-hydrogen) atoms. The topological polar surface area (TPSA) is 74.6 Å². The van der Waals surface area contributed by atoms with Crippen molar-refractivity contribution in [2.75, 3.05) is 42.5 Å². The fourth-order valence-electron chi connectivity index (χ4n) is 4.72. The number of ketones is 1. The molecule has 178 valence electrons. The molecule has 7 heteroatoms. The molecule has 4 heterocycles. The van der Waals surface area contributed by atoms with E-state index in [0.29, 0.717) is 18.7 Å². The van der Waals surface area contributed by atoms with Gasteiger partial charge in [0.05, 0.1) is 23.8 Å². The molecule has 0 amide bonds. The zero-order valence-electron chi connectivity index (χ0n) is 19.9.